The molecule has 8 heteroatoms. The lowest BCUT2D eigenvalue weighted by Gasteiger charge is -2.35. The van der Waals surface area contributed by atoms with E-state index < -0.39 is 30.2 Å². The van der Waals surface area contributed by atoms with Gasteiger partial charge in [-0.2, -0.15) is 0 Å². The average Bonchev–Trinajstić information content (AvgIpc) is 2.92. The van der Waals surface area contributed by atoms with Crippen LogP contribution in [0.25, 0.3) is 0 Å². The predicted molar refractivity (Wildman–Crippen MR) is 106 cm³/mol. The van der Waals surface area contributed by atoms with Gasteiger partial charge in [0.2, 0.25) is 0 Å². The number of carbonyl (C=O) groups excluding carboxylic acids is 4. The zero-order valence-corrected chi connectivity index (χ0v) is 17.6. The fourth-order valence-corrected chi connectivity index (χ4v) is 4.83. The zero-order valence-electron chi connectivity index (χ0n) is 17.6. The third-order valence-electron chi connectivity index (χ3n) is 6.65. The molecular formula is C21H33N3O5. The molecule has 4 amide bonds. The van der Waals surface area contributed by atoms with Crippen LogP contribution in [0.1, 0.15) is 77.6 Å². The van der Waals surface area contributed by atoms with Crippen LogP contribution in [0.2, 0.25) is 0 Å². The van der Waals surface area contributed by atoms with Crippen LogP contribution in [0.3, 0.4) is 0 Å². The number of hydrogen-bond acceptors (Lipinski definition) is 5. The molecule has 3 fully saturated rings. The number of nitrogens with one attached hydrogen (secondary N) is 1. The number of amides is 4. The Balaban J connectivity index is 1.53. The van der Waals surface area contributed by atoms with E-state index in [0.717, 1.165) is 49.8 Å². The van der Waals surface area contributed by atoms with E-state index in [1.165, 1.54) is 24.7 Å². The Morgan fingerprint density at radius 1 is 1.07 bits per heavy atom. The molecule has 1 spiro atoms. The molecule has 0 radical (unpaired) electrons. The van der Waals surface area contributed by atoms with Crippen LogP contribution in [0.5, 0.6) is 0 Å². The van der Waals surface area contributed by atoms with Crippen molar-refractivity contribution >= 4 is 23.8 Å². The highest BCUT2D eigenvalue weighted by atomic mass is 16.5. The van der Waals surface area contributed by atoms with Crippen LogP contribution in [0.4, 0.5) is 4.79 Å². The Hall–Kier alpha value is -2.12. The molecule has 0 bridgehead atoms. The molecule has 8 nitrogen and oxygen atoms in total. The number of hydrogen-bond donors (Lipinski definition) is 1. The van der Waals surface area contributed by atoms with Gasteiger partial charge in [-0.15, -0.1) is 0 Å². The summed E-state index contributed by atoms with van der Waals surface area (Å²) in [6, 6.07) is -0.350. The molecule has 0 aromatic carbocycles. The van der Waals surface area contributed by atoms with E-state index in [9.17, 15) is 19.2 Å². The topological polar surface area (TPSA) is 96.0 Å². The maximum Gasteiger partial charge on any atom is 0.327 e. The molecule has 2 aliphatic carbocycles. The molecule has 1 aliphatic heterocycles. The summed E-state index contributed by atoms with van der Waals surface area (Å²) in [7, 11) is 1.62. The molecule has 0 unspecified atom stereocenters. The Morgan fingerprint density at radius 3 is 2.28 bits per heavy atom. The number of ether oxygens (including phenoxy) is 1. The standard InChI is InChI=1S/C21H33N3O5/c1-15(18(26)22-16-10-6-3-4-7-11-16)29-17(25)14-24-19(27)21(23(2)20(24)28)12-8-5-9-13-21/h15-16H,3-14H2,1-2H3,(H,22,26)/t15-/m0/s1. The zero-order chi connectivity index (χ0) is 21.0. The highest BCUT2D eigenvalue weighted by Gasteiger charge is 2.56. The molecule has 3 aliphatic rings. The van der Waals surface area contributed by atoms with E-state index in [0.29, 0.717) is 12.8 Å². The first-order chi connectivity index (χ1) is 13.8. The second-order valence-corrected chi connectivity index (χ2v) is 8.65. The fraction of sp³-hybridized carbons (Fsp3) is 0.810. The van der Waals surface area contributed by atoms with Gasteiger partial charge in [-0.05, 0) is 32.6 Å². The maximum absolute atomic E-state index is 12.9. The Bertz CT molecular complexity index is 651. The van der Waals surface area contributed by atoms with Crippen molar-refractivity contribution in [3.8, 4) is 0 Å². The smallest absolute Gasteiger partial charge is 0.327 e. The summed E-state index contributed by atoms with van der Waals surface area (Å²) in [6.45, 7) is 1.07. The average molecular weight is 408 g/mol. The van der Waals surface area contributed by atoms with Crippen molar-refractivity contribution in [3.63, 3.8) is 0 Å². The lowest BCUT2D eigenvalue weighted by molar-refractivity contribution is -0.157. The van der Waals surface area contributed by atoms with Gasteiger partial charge < -0.3 is 15.0 Å². The number of urea groups is 1. The van der Waals surface area contributed by atoms with Gasteiger partial charge >= 0.3 is 12.0 Å². The number of carbonyl (C=O) groups is 4. The molecular weight excluding hydrogens is 374 g/mol. The second kappa shape index (κ2) is 9.13. The Morgan fingerprint density at radius 2 is 1.66 bits per heavy atom. The van der Waals surface area contributed by atoms with Crippen LogP contribution in [0, 0.1) is 0 Å². The fourth-order valence-electron chi connectivity index (χ4n) is 4.83. The van der Waals surface area contributed by atoms with Crippen LogP contribution < -0.4 is 5.32 Å². The van der Waals surface area contributed by atoms with Crippen LogP contribution in [-0.2, 0) is 19.1 Å². The largest absolute Gasteiger partial charge is 0.451 e. The number of rotatable bonds is 5. The minimum Gasteiger partial charge on any atom is -0.451 e. The van der Waals surface area contributed by atoms with Crippen molar-refractivity contribution in [2.24, 2.45) is 0 Å². The lowest BCUT2D eigenvalue weighted by Crippen LogP contribution is -2.49. The number of esters is 1. The van der Waals surface area contributed by atoms with Crippen molar-refractivity contribution in [3.05, 3.63) is 0 Å². The molecule has 1 atom stereocenters. The minimum absolute atomic E-state index is 0.118. The summed E-state index contributed by atoms with van der Waals surface area (Å²) in [6.07, 6.45) is 9.55. The van der Waals surface area contributed by atoms with E-state index in [4.69, 9.17) is 4.74 Å². The molecule has 0 aromatic rings. The van der Waals surface area contributed by atoms with Gasteiger partial charge in [-0.25, -0.2) is 4.79 Å². The third-order valence-corrected chi connectivity index (χ3v) is 6.65. The highest BCUT2D eigenvalue weighted by molar-refractivity contribution is 6.08. The molecule has 162 valence electrons. The lowest BCUT2D eigenvalue weighted by atomic mass is 9.81. The van der Waals surface area contributed by atoms with Crippen molar-refractivity contribution < 1.29 is 23.9 Å². The predicted octanol–water partition coefficient (Wildman–Crippen LogP) is 2.35. The van der Waals surface area contributed by atoms with Crippen LogP contribution >= 0.6 is 0 Å². The number of nitrogens with zero attached hydrogens (tertiary/aromatic N) is 2. The molecule has 1 N–H and O–H groups in total. The Kier molecular flexibility index (Phi) is 6.80. The van der Waals surface area contributed by atoms with Crippen molar-refractivity contribution in [1.82, 2.24) is 15.1 Å². The van der Waals surface area contributed by atoms with Crippen molar-refractivity contribution in [2.45, 2.75) is 95.2 Å². The van der Waals surface area contributed by atoms with Gasteiger partial charge in [0.1, 0.15) is 12.1 Å². The van der Waals surface area contributed by atoms with Crippen molar-refractivity contribution in [1.29, 1.82) is 0 Å². The van der Waals surface area contributed by atoms with Crippen LogP contribution in [-0.4, -0.2) is 64.9 Å². The summed E-state index contributed by atoms with van der Waals surface area (Å²) >= 11 is 0. The van der Waals surface area contributed by atoms with Gasteiger partial charge in [0.05, 0.1) is 0 Å². The third kappa shape index (κ3) is 4.56. The molecule has 2 saturated carbocycles. The highest BCUT2D eigenvalue weighted by Crippen LogP contribution is 2.39. The quantitative estimate of drug-likeness (QED) is 0.429. The van der Waals surface area contributed by atoms with Gasteiger partial charge in [-0.1, -0.05) is 44.9 Å². The number of imide groups is 1. The SMILES string of the molecule is C[C@H](OC(=O)CN1C(=O)N(C)C2(CCCCC2)C1=O)C(=O)NC1CCCCCC1. The van der Waals surface area contributed by atoms with Gasteiger partial charge in [0.15, 0.2) is 6.10 Å². The van der Waals surface area contributed by atoms with Crippen molar-refractivity contribution in [2.75, 3.05) is 13.6 Å². The molecule has 1 heterocycles. The van der Waals surface area contributed by atoms with Gasteiger partial charge in [0, 0.05) is 13.1 Å². The first-order valence-electron chi connectivity index (χ1n) is 10.9. The van der Waals surface area contributed by atoms with E-state index in [1.54, 1.807) is 7.05 Å². The summed E-state index contributed by atoms with van der Waals surface area (Å²) < 4.78 is 5.24. The first kappa shape index (κ1) is 21.6. The monoisotopic (exact) mass is 407 g/mol. The van der Waals surface area contributed by atoms with E-state index in [-0.39, 0.29) is 17.9 Å². The van der Waals surface area contributed by atoms with E-state index in [1.807, 2.05) is 0 Å². The molecule has 29 heavy (non-hydrogen) atoms. The first-order valence-corrected chi connectivity index (χ1v) is 10.9. The van der Waals surface area contributed by atoms with Gasteiger partial charge in [0.25, 0.3) is 11.8 Å². The normalized spacial score (nSPS) is 23.8. The Labute approximate surface area is 172 Å². The molecule has 3 rings (SSSR count). The number of likely N-dealkylation sites (N-methyl/N-ethyl adjacent to an activating group) is 1. The van der Waals surface area contributed by atoms with Crippen LogP contribution in [0.15, 0.2) is 0 Å². The molecule has 0 aromatic heterocycles. The summed E-state index contributed by atoms with van der Waals surface area (Å²) in [5.41, 5.74) is -0.821. The maximum atomic E-state index is 12.9. The summed E-state index contributed by atoms with van der Waals surface area (Å²) in [5, 5.41) is 2.96. The second-order valence-electron chi connectivity index (χ2n) is 8.65. The van der Waals surface area contributed by atoms with E-state index >= 15 is 0 Å². The van der Waals surface area contributed by atoms with Gasteiger partial charge in [-0.3, -0.25) is 19.3 Å². The summed E-state index contributed by atoms with van der Waals surface area (Å²) in [5.74, 6) is -1.39. The van der Waals surface area contributed by atoms with E-state index in [2.05, 4.69) is 5.32 Å². The minimum atomic E-state index is -0.958. The molecule has 1 saturated heterocycles. The summed E-state index contributed by atoms with van der Waals surface area (Å²) in [4.78, 5) is 52.7.